The summed E-state index contributed by atoms with van der Waals surface area (Å²) in [5, 5.41) is 3.11. The molecule has 1 amide bonds. The lowest BCUT2D eigenvalue weighted by molar-refractivity contribution is -0.117. The minimum atomic E-state index is -0.695. The zero-order chi connectivity index (χ0) is 22.4. The third-order valence-electron chi connectivity index (χ3n) is 4.98. The van der Waals surface area contributed by atoms with E-state index in [1.165, 1.54) is 9.47 Å². The minimum Gasteiger partial charge on any atom is -0.383 e. The van der Waals surface area contributed by atoms with Gasteiger partial charge in [0.25, 0.3) is 5.56 Å². The van der Waals surface area contributed by atoms with Crippen LogP contribution in [0, 0.1) is 0 Å². The first kappa shape index (κ1) is 22.0. The van der Waals surface area contributed by atoms with Crippen LogP contribution in [0.2, 0.25) is 0 Å². The molecular formula is C22H26N6O3. The topological polar surface area (TPSA) is 126 Å². The lowest BCUT2D eigenvalue weighted by Gasteiger charge is -2.24. The van der Waals surface area contributed by atoms with Gasteiger partial charge in [0.2, 0.25) is 5.91 Å². The Bertz CT molecular complexity index is 1140. The number of hydrogen-bond donors (Lipinski definition) is 3. The number of hydrogen-bond acceptors (Lipinski definition) is 6. The van der Waals surface area contributed by atoms with Crippen molar-refractivity contribution in [2.45, 2.75) is 26.4 Å². The molecule has 9 nitrogen and oxygen atoms in total. The Morgan fingerprint density at radius 1 is 1.19 bits per heavy atom. The standard InChI is InChI=1S/C22H26N6O3/c1-3-27(18(29)13-25-15(2)17-11-7-8-12-24-17)19-20(23)28(22(31)26-21(19)30)14-16-9-5-4-6-10-16/h4-12,15,25H,3,13-14,23H2,1-2H3,(H,26,30,31). The van der Waals surface area contributed by atoms with E-state index in [1.54, 1.807) is 13.1 Å². The van der Waals surface area contributed by atoms with Crippen LogP contribution in [-0.4, -0.2) is 33.5 Å². The molecule has 4 N–H and O–H groups in total. The molecule has 0 aliphatic rings. The Labute approximate surface area is 179 Å². The predicted octanol–water partition coefficient (Wildman–Crippen LogP) is 1.27. The zero-order valence-electron chi connectivity index (χ0n) is 17.5. The number of amides is 1. The van der Waals surface area contributed by atoms with Gasteiger partial charge in [-0.1, -0.05) is 36.4 Å². The molecule has 0 bridgehead atoms. The van der Waals surface area contributed by atoms with E-state index in [2.05, 4.69) is 15.3 Å². The normalized spacial score (nSPS) is 11.8. The predicted molar refractivity (Wildman–Crippen MR) is 120 cm³/mol. The van der Waals surface area contributed by atoms with Gasteiger partial charge in [-0.25, -0.2) is 4.79 Å². The molecule has 1 unspecified atom stereocenters. The molecule has 1 atom stereocenters. The maximum atomic E-state index is 12.9. The summed E-state index contributed by atoms with van der Waals surface area (Å²) in [6.07, 6.45) is 1.68. The van der Waals surface area contributed by atoms with Gasteiger partial charge >= 0.3 is 5.69 Å². The van der Waals surface area contributed by atoms with Crippen LogP contribution in [-0.2, 0) is 11.3 Å². The van der Waals surface area contributed by atoms with Crippen LogP contribution in [0.15, 0.2) is 64.3 Å². The van der Waals surface area contributed by atoms with E-state index in [-0.39, 0.29) is 43.1 Å². The van der Waals surface area contributed by atoms with Gasteiger partial charge in [0.05, 0.1) is 18.8 Å². The van der Waals surface area contributed by atoms with Gasteiger partial charge in [-0.3, -0.25) is 24.1 Å². The van der Waals surface area contributed by atoms with E-state index in [9.17, 15) is 14.4 Å². The van der Waals surface area contributed by atoms with Crippen LogP contribution in [0.4, 0.5) is 11.5 Å². The average molecular weight is 422 g/mol. The maximum Gasteiger partial charge on any atom is 0.330 e. The van der Waals surface area contributed by atoms with E-state index in [1.807, 2.05) is 55.5 Å². The van der Waals surface area contributed by atoms with Gasteiger partial charge in [0, 0.05) is 18.8 Å². The first-order valence-corrected chi connectivity index (χ1v) is 10.0. The minimum absolute atomic E-state index is 0.0255. The van der Waals surface area contributed by atoms with Crippen molar-refractivity contribution in [2.24, 2.45) is 0 Å². The van der Waals surface area contributed by atoms with E-state index >= 15 is 0 Å². The van der Waals surface area contributed by atoms with E-state index in [0.717, 1.165) is 11.3 Å². The molecule has 31 heavy (non-hydrogen) atoms. The first-order chi connectivity index (χ1) is 14.9. The second kappa shape index (κ2) is 9.86. The SMILES string of the molecule is CCN(C(=O)CNC(C)c1ccccn1)c1c(N)n(Cc2ccccc2)c(=O)[nH]c1=O. The van der Waals surface area contributed by atoms with Crippen molar-refractivity contribution in [3.8, 4) is 0 Å². The summed E-state index contributed by atoms with van der Waals surface area (Å²) in [4.78, 5) is 45.7. The quantitative estimate of drug-likeness (QED) is 0.502. The highest BCUT2D eigenvalue weighted by Gasteiger charge is 2.23. The largest absolute Gasteiger partial charge is 0.383 e. The number of likely N-dealkylation sites (N-methyl/N-ethyl adjacent to an activating group) is 1. The molecule has 0 saturated heterocycles. The van der Waals surface area contributed by atoms with Gasteiger partial charge < -0.3 is 16.0 Å². The van der Waals surface area contributed by atoms with Crippen molar-refractivity contribution in [3.05, 3.63) is 86.8 Å². The molecule has 0 aliphatic carbocycles. The smallest absolute Gasteiger partial charge is 0.330 e. The second-order valence-electron chi connectivity index (χ2n) is 7.06. The Hall–Kier alpha value is -3.72. The van der Waals surface area contributed by atoms with Crippen LogP contribution in [0.25, 0.3) is 0 Å². The molecule has 2 aromatic heterocycles. The van der Waals surface area contributed by atoms with Crippen molar-refractivity contribution in [2.75, 3.05) is 23.7 Å². The van der Waals surface area contributed by atoms with Crippen LogP contribution in [0.5, 0.6) is 0 Å². The monoisotopic (exact) mass is 422 g/mol. The summed E-state index contributed by atoms with van der Waals surface area (Å²) in [5.74, 6) is -0.391. The number of nitrogens with two attached hydrogens (primary N) is 1. The number of aromatic nitrogens is 3. The summed E-state index contributed by atoms with van der Waals surface area (Å²) in [5.41, 5.74) is 6.50. The van der Waals surface area contributed by atoms with E-state index in [0.29, 0.717) is 0 Å². The number of nitrogen functional groups attached to an aromatic ring is 1. The molecule has 3 rings (SSSR count). The Morgan fingerprint density at radius 3 is 2.55 bits per heavy atom. The van der Waals surface area contributed by atoms with E-state index in [4.69, 9.17) is 5.73 Å². The number of carbonyl (C=O) groups is 1. The summed E-state index contributed by atoms with van der Waals surface area (Å²) in [7, 11) is 0. The molecule has 2 heterocycles. The highest BCUT2D eigenvalue weighted by molar-refractivity contribution is 5.96. The fourth-order valence-electron chi connectivity index (χ4n) is 3.29. The molecule has 0 saturated carbocycles. The zero-order valence-corrected chi connectivity index (χ0v) is 17.5. The van der Waals surface area contributed by atoms with Crippen molar-refractivity contribution < 1.29 is 4.79 Å². The lowest BCUT2D eigenvalue weighted by atomic mass is 10.2. The molecule has 9 heteroatoms. The molecule has 0 fully saturated rings. The highest BCUT2D eigenvalue weighted by Crippen LogP contribution is 2.18. The van der Waals surface area contributed by atoms with Crippen molar-refractivity contribution in [3.63, 3.8) is 0 Å². The molecule has 1 aromatic carbocycles. The number of rotatable bonds is 8. The summed E-state index contributed by atoms with van der Waals surface area (Å²) < 4.78 is 1.26. The number of carbonyl (C=O) groups excluding carboxylic acids is 1. The number of nitrogens with one attached hydrogen (secondary N) is 2. The van der Waals surface area contributed by atoms with Gasteiger partial charge in [-0.05, 0) is 31.5 Å². The molecular weight excluding hydrogens is 396 g/mol. The summed E-state index contributed by atoms with van der Waals surface area (Å²) in [6.45, 7) is 4.01. The Kier molecular flexibility index (Phi) is 6.99. The average Bonchev–Trinajstić information content (AvgIpc) is 2.78. The van der Waals surface area contributed by atoms with Crippen LogP contribution in [0.1, 0.15) is 31.1 Å². The summed E-state index contributed by atoms with van der Waals surface area (Å²) in [6, 6.07) is 14.7. The first-order valence-electron chi connectivity index (χ1n) is 10.0. The maximum absolute atomic E-state index is 12.9. The van der Waals surface area contributed by atoms with Crippen molar-refractivity contribution >= 4 is 17.4 Å². The molecule has 0 aliphatic heterocycles. The highest BCUT2D eigenvalue weighted by atomic mass is 16.2. The number of H-pyrrole nitrogens is 1. The fourth-order valence-corrected chi connectivity index (χ4v) is 3.29. The fraction of sp³-hybridized carbons (Fsp3) is 0.273. The molecule has 162 valence electrons. The number of nitrogens with zero attached hydrogens (tertiary/aromatic N) is 3. The number of benzene rings is 1. The lowest BCUT2D eigenvalue weighted by Crippen LogP contribution is -2.44. The number of anilines is 2. The van der Waals surface area contributed by atoms with Gasteiger partial charge in [-0.15, -0.1) is 0 Å². The molecule has 3 aromatic rings. The second-order valence-corrected chi connectivity index (χ2v) is 7.06. The van der Waals surface area contributed by atoms with E-state index < -0.39 is 11.2 Å². The van der Waals surface area contributed by atoms with Gasteiger partial charge in [0.1, 0.15) is 5.82 Å². The Balaban J connectivity index is 1.85. The van der Waals surface area contributed by atoms with Gasteiger partial charge in [-0.2, -0.15) is 0 Å². The number of pyridine rings is 1. The third-order valence-corrected chi connectivity index (χ3v) is 4.98. The van der Waals surface area contributed by atoms with Crippen LogP contribution in [0.3, 0.4) is 0 Å². The van der Waals surface area contributed by atoms with Gasteiger partial charge in [0.15, 0.2) is 5.69 Å². The Morgan fingerprint density at radius 2 is 1.90 bits per heavy atom. The van der Waals surface area contributed by atoms with Crippen LogP contribution >= 0.6 is 0 Å². The summed E-state index contributed by atoms with van der Waals surface area (Å²) >= 11 is 0. The third kappa shape index (κ3) is 5.07. The molecule has 0 radical (unpaired) electrons. The van der Waals surface area contributed by atoms with Crippen molar-refractivity contribution in [1.82, 2.24) is 19.9 Å². The van der Waals surface area contributed by atoms with Crippen molar-refractivity contribution in [1.29, 1.82) is 0 Å². The molecule has 0 spiro atoms. The number of aromatic amines is 1. The van der Waals surface area contributed by atoms with Crippen LogP contribution < -0.4 is 27.2 Å².